The number of nitrogens with one attached hydrogen (secondary N) is 1. The van der Waals surface area contributed by atoms with Crippen LogP contribution in [0, 0.1) is 5.82 Å². The highest BCUT2D eigenvalue weighted by Crippen LogP contribution is 2.28. The lowest BCUT2D eigenvalue weighted by Crippen LogP contribution is -2.29. The first-order valence-corrected chi connectivity index (χ1v) is 7.81. The third kappa shape index (κ3) is 3.21. The number of rotatable bonds is 3. The van der Waals surface area contributed by atoms with Crippen molar-refractivity contribution in [2.75, 3.05) is 25.9 Å². The predicted octanol–water partition coefficient (Wildman–Crippen LogP) is 2.12. The van der Waals surface area contributed by atoms with Crippen LogP contribution < -0.4 is 11.1 Å². The monoisotopic (exact) mass is 330 g/mol. The van der Waals surface area contributed by atoms with Crippen molar-refractivity contribution < 1.29 is 13.9 Å². The van der Waals surface area contributed by atoms with Crippen molar-refractivity contribution in [1.29, 1.82) is 0 Å². The summed E-state index contributed by atoms with van der Waals surface area (Å²) in [5.41, 5.74) is 7.54. The summed E-state index contributed by atoms with van der Waals surface area (Å²) in [5.74, 6) is -0.900. The molecule has 1 aliphatic heterocycles. The zero-order chi connectivity index (χ0) is 17.1. The second-order valence-corrected chi connectivity index (χ2v) is 5.76. The van der Waals surface area contributed by atoms with Crippen LogP contribution in [0.2, 0.25) is 0 Å². The molecule has 0 saturated carbocycles. The van der Waals surface area contributed by atoms with Crippen molar-refractivity contribution in [1.82, 2.24) is 15.3 Å². The molecule has 0 spiro atoms. The van der Waals surface area contributed by atoms with E-state index in [1.165, 1.54) is 19.2 Å². The zero-order valence-corrected chi connectivity index (χ0v) is 13.4. The van der Waals surface area contributed by atoms with Gasteiger partial charge < -0.3 is 15.8 Å². The Morgan fingerprint density at radius 2 is 2.29 bits per heavy atom. The van der Waals surface area contributed by atoms with Crippen LogP contribution >= 0.6 is 0 Å². The highest BCUT2D eigenvalue weighted by molar-refractivity contribution is 5.90. The summed E-state index contributed by atoms with van der Waals surface area (Å²) in [7, 11) is 1.21. The van der Waals surface area contributed by atoms with Gasteiger partial charge in [-0.2, -0.15) is 0 Å². The minimum absolute atomic E-state index is 0.125. The molecule has 0 unspecified atom stereocenters. The second kappa shape index (κ2) is 6.92. The molecule has 0 bridgehead atoms. The molecule has 6 nitrogen and oxygen atoms in total. The molecule has 2 aromatic rings. The standard InChI is InChI=1S/C17H19FN4O2/c1-24-17(23)12-5-4-10(7-13(12)18)15-16(19)21-9-14(22-15)11-3-2-6-20-8-11/h4-5,7,9,11,20H,2-3,6,8H2,1H3,(H2,19,21)/t11-/m1/s1. The maximum Gasteiger partial charge on any atom is 0.340 e. The van der Waals surface area contributed by atoms with E-state index < -0.39 is 11.8 Å². The molecule has 0 aliphatic carbocycles. The zero-order valence-electron chi connectivity index (χ0n) is 13.4. The van der Waals surface area contributed by atoms with Gasteiger partial charge in [0.05, 0.1) is 24.6 Å². The van der Waals surface area contributed by atoms with E-state index in [-0.39, 0.29) is 17.3 Å². The first-order valence-electron chi connectivity index (χ1n) is 7.81. The number of anilines is 1. The number of methoxy groups -OCH3 is 1. The summed E-state index contributed by atoms with van der Waals surface area (Å²) >= 11 is 0. The fraction of sp³-hybridized carbons (Fsp3) is 0.353. The van der Waals surface area contributed by atoms with Gasteiger partial charge in [0.2, 0.25) is 0 Å². The molecule has 0 amide bonds. The summed E-state index contributed by atoms with van der Waals surface area (Å²) < 4.78 is 18.7. The minimum Gasteiger partial charge on any atom is -0.465 e. The number of halogens is 1. The molecule has 0 radical (unpaired) electrons. The van der Waals surface area contributed by atoms with E-state index in [0.717, 1.165) is 31.6 Å². The fourth-order valence-electron chi connectivity index (χ4n) is 2.86. The van der Waals surface area contributed by atoms with Gasteiger partial charge in [-0.05, 0) is 31.5 Å². The van der Waals surface area contributed by atoms with Gasteiger partial charge in [0.25, 0.3) is 0 Å². The number of ether oxygens (including phenoxy) is 1. The number of benzene rings is 1. The number of piperidine rings is 1. The molecule has 3 N–H and O–H groups in total. The van der Waals surface area contributed by atoms with Crippen LogP contribution in [0.4, 0.5) is 10.2 Å². The predicted molar refractivity (Wildman–Crippen MR) is 88.0 cm³/mol. The second-order valence-electron chi connectivity index (χ2n) is 5.76. The Balaban J connectivity index is 1.96. The smallest absolute Gasteiger partial charge is 0.340 e. The van der Waals surface area contributed by atoms with Crippen LogP contribution in [-0.4, -0.2) is 36.1 Å². The lowest BCUT2D eigenvalue weighted by molar-refractivity contribution is 0.0595. The number of carbonyl (C=O) groups excluding carboxylic acids is 1. The normalized spacial score (nSPS) is 17.5. The van der Waals surface area contributed by atoms with E-state index in [0.29, 0.717) is 11.3 Å². The van der Waals surface area contributed by atoms with Crippen molar-refractivity contribution >= 4 is 11.8 Å². The number of nitrogen functional groups attached to an aromatic ring is 1. The van der Waals surface area contributed by atoms with Crippen LogP contribution in [0.1, 0.15) is 34.8 Å². The lowest BCUT2D eigenvalue weighted by Gasteiger charge is -2.22. The van der Waals surface area contributed by atoms with Crippen LogP contribution in [0.25, 0.3) is 11.3 Å². The van der Waals surface area contributed by atoms with Crippen LogP contribution in [0.5, 0.6) is 0 Å². The number of nitrogens with zero attached hydrogens (tertiary/aromatic N) is 2. The molecule has 24 heavy (non-hydrogen) atoms. The maximum absolute atomic E-state index is 14.2. The largest absolute Gasteiger partial charge is 0.465 e. The van der Waals surface area contributed by atoms with Gasteiger partial charge in [0.1, 0.15) is 17.3 Å². The molecule has 7 heteroatoms. The number of aromatic nitrogens is 2. The number of hydrogen-bond acceptors (Lipinski definition) is 6. The number of nitrogens with two attached hydrogens (primary N) is 1. The van der Waals surface area contributed by atoms with Crippen LogP contribution in [-0.2, 0) is 4.74 Å². The maximum atomic E-state index is 14.2. The Kier molecular flexibility index (Phi) is 4.71. The SMILES string of the molecule is COC(=O)c1ccc(-c2nc([C@@H]3CCCNC3)cnc2N)cc1F. The topological polar surface area (TPSA) is 90.1 Å². The molecule has 2 heterocycles. The van der Waals surface area contributed by atoms with E-state index >= 15 is 0 Å². The molecule has 1 aromatic heterocycles. The molecule has 3 rings (SSSR count). The van der Waals surface area contributed by atoms with E-state index in [2.05, 4.69) is 20.0 Å². The summed E-state index contributed by atoms with van der Waals surface area (Å²) in [6, 6.07) is 4.20. The fourth-order valence-corrected chi connectivity index (χ4v) is 2.86. The van der Waals surface area contributed by atoms with E-state index in [9.17, 15) is 9.18 Å². The van der Waals surface area contributed by atoms with Gasteiger partial charge in [0.15, 0.2) is 0 Å². The average Bonchev–Trinajstić information content (AvgIpc) is 2.62. The van der Waals surface area contributed by atoms with Crippen molar-refractivity contribution in [3.8, 4) is 11.3 Å². The molecule has 1 fully saturated rings. The number of carbonyl (C=O) groups is 1. The molecule has 1 saturated heterocycles. The highest BCUT2D eigenvalue weighted by Gasteiger charge is 2.20. The molecule has 1 aromatic carbocycles. The third-order valence-corrected chi connectivity index (χ3v) is 4.18. The van der Waals surface area contributed by atoms with Crippen molar-refractivity contribution in [3.63, 3.8) is 0 Å². The van der Waals surface area contributed by atoms with Crippen molar-refractivity contribution in [3.05, 3.63) is 41.5 Å². The number of esters is 1. The summed E-state index contributed by atoms with van der Waals surface area (Å²) in [4.78, 5) is 20.3. The van der Waals surface area contributed by atoms with Gasteiger partial charge in [-0.15, -0.1) is 0 Å². The van der Waals surface area contributed by atoms with Gasteiger partial charge in [0, 0.05) is 18.0 Å². The molecular weight excluding hydrogens is 311 g/mol. The van der Waals surface area contributed by atoms with Crippen LogP contribution in [0.3, 0.4) is 0 Å². The average molecular weight is 330 g/mol. The highest BCUT2D eigenvalue weighted by atomic mass is 19.1. The minimum atomic E-state index is -0.722. The Morgan fingerprint density at radius 3 is 2.96 bits per heavy atom. The van der Waals surface area contributed by atoms with Crippen LogP contribution in [0.15, 0.2) is 24.4 Å². The molecule has 126 valence electrons. The van der Waals surface area contributed by atoms with Gasteiger partial charge in [-0.25, -0.2) is 19.2 Å². The number of hydrogen-bond donors (Lipinski definition) is 2. The Morgan fingerprint density at radius 1 is 1.46 bits per heavy atom. The first kappa shape index (κ1) is 16.3. The third-order valence-electron chi connectivity index (χ3n) is 4.18. The van der Waals surface area contributed by atoms with Gasteiger partial charge in [-0.3, -0.25) is 0 Å². The summed E-state index contributed by atoms with van der Waals surface area (Å²) in [5, 5.41) is 3.33. The molecule has 1 atom stereocenters. The van der Waals surface area contributed by atoms with Crippen molar-refractivity contribution in [2.45, 2.75) is 18.8 Å². The Labute approximate surface area is 139 Å². The Bertz CT molecular complexity index is 760. The van der Waals surface area contributed by atoms with E-state index in [1.54, 1.807) is 12.3 Å². The first-order chi connectivity index (χ1) is 11.6. The summed E-state index contributed by atoms with van der Waals surface area (Å²) in [6.45, 7) is 1.85. The lowest BCUT2D eigenvalue weighted by atomic mass is 9.96. The summed E-state index contributed by atoms with van der Waals surface area (Å²) in [6.07, 6.45) is 3.78. The Hall–Kier alpha value is -2.54. The van der Waals surface area contributed by atoms with Gasteiger partial charge >= 0.3 is 5.97 Å². The van der Waals surface area contributed by atoms with E-state index in [1.807, 2.05) is 0 Å². The quantitative estimate of drug-likeness (QED) is 0.838. The molecular formula is C17H19FN4O2. The van der Waals surface area contributed by atoms with E-state index in [4.69, 9.17) is 5.73 Å². The van der Waals surface area contributed by atoms with Crippen molar-refractivity contribution in [2.24, 2.45) is 0 Å². The van der Waals surface area contributed by atoms with Gasteiger partial charge in [-0.1, -0.05) is 6.07 Å². The molecule has 1 aliphatic rings.